The van der Waals surface area contributed by atoms with Gasteiger partial charge in [-0.25, -0.2) is 14.4 Å². The Hall–Kier alpha value is -4.06. The molecular weight excluding hydrogens is 393 g/mol. The molecule has 0 spiro atoms. The minimum Gasteiger partial charge on any atom is -0.424 e. The smallest absolute Gasteiger partial charge is 0.321 e. The van der Waals surface area contributed by atoms with Crippen molar-refractivity contribution in [3.05, 3.63) is 102 Å². The second kappa shape index (κ2) is 9.17. The summed E-state index contributed by atoms with van der Waals surface area (Å²) in [5, 5.41) is 2.90. The maximum atomic E-state index is 13.0. The number of hydrogen-bond donors (Lipinski definition) is 1. The molecule has 0 aliphatic carbocycles. The van der Waals surface area contributed by atoms with Crippen LogP contribution in [0, 0.1) is 5.82 Å². The topological polar surface area (TPSA) is 64.1 Å². The van der Waals surface area contributed by atoms with E-state index in [9.17, 15) is 9.18 Å². The minimum absolute atomic E-state index is 0.167. The number of anilines is 1. The quantitative estimate of drug-likeness (QED) is 0.428. The second-order valence-corrected chi connectivity index (χ2v) is 6.89. The first-order chi connectivity index (χ1) is 15.1. The van der Waals surface area contributed by atoms with Crippen molar-refractivity contribution in [2.75, 3.05) is 5.32 Å². The Labute approximate surface area is 179 Å². The van der Waals surface area contributed by atoms with E-state index in [4.69, 9.17) is 4.74 Å². The predicted octanol–water partition coefficient (Wildman–Crippen LogP) is 5.89. The van der Waals surface area contributed by atoms with E-state index >= 15 is 0 Å². The van der Waals surface area contributed by atoms with Crippen LogP contribution in [-0.4, -0.2) is 15.9 Å². The van der Waals surface area contributed by atoms with Gasteiger partial charge in [-0.3, -0.25) is 4.79 Å². The van der Waals surface area contributed by atoms with Crippen LogP contribution in [0.1, 0.15) is 22.8 Å². The molecular formula is C25H20FN3O2. The van der Waals surface area contributed by atoms with E-state index in [1.165, 1.54) is 29.8 Å². The molecule has 1 heterocycles. The van der Waals surface area contributed by atoms with Gasteiger partial charge in [0.05, 0.1) is 0 Å². The van der Waals surface area contributed by atoms with Gasteiger partial charge in [0.25, 0.3) is 5.91 Å². The molecule has 0 aliphatic rings. The summed E-state index contributed by atoms with van der Waals surface area (Å²) in [6.07, 6.45) is 4.23. The number of amides is 1. The van der Waals surface area contributed by atoms with Gasteiger partial charge in [0, 0.05) is 29.2 Å². The molecule has 4 aromatic rings. The number of nitrogens with one attached hydrogen (secondary N) is 1. The van der Waals surface area contributed by atoms with Crippen LogP contribution < -0.4 is 10.1 Å². The highest BCUT2D eigenvalue weighted by Gasteiger charge is 2.08. The van der Waals surface area contributed by atoms with E-state index in [1.54, 1.807) is 24.5 Å². The predicted molar refractivity (Wildman–Crippen MR) is 118 cm³/mol. The first kappa shape index (κ1) is 20.2. The van der Waals surface area contributed by atoms with Gasteiger partial charge in [-0.15, -0.1) is 0 Å². The molecule has 0 fully saturated rings. The van der Waals surface area contributed by atoms with Crippen LogP contribution >= 0.6 is 0 Å². The summed E-state index contributed by atoms with van der Waals surface area (Å²) in [7, 11) is 0. The number of carbonyl (C=O) groups excluding carboxylic acids is 1. The van der Waals surface area contributed by atoms with Gasteiger partial charge in [-0.1, -0.05) is 31.2 Å². The van der Waals surface area contributed by atoms with Gasteiger partial charge < -0.3 is 10.1 Å². The summed E-state index contributed by atoms with van der Waals surface area (Å²) in [5.41, 5.74) is 4.20. The zero-order valence-corrected chi connectivity index (χ0v) is 16.9. The van der Waals surface area contributed by atoms with Gasteiger partial charge in [-0.05, 0) is 66.1 Å². The number of aromatic nitrogens is 2. The first-order valence-electron chi connectivity index (χ1n) is 9.87. The monoisotopic (exact) mass is 413 g/mol. The lowest BCUT2D eigenvalue weighted by molar-refractivity contribution is 0.102. The van der Waals surface area contributed by atoms with Gasteiger partial charge >= 0.3 is 6.01 Å². The third-order valence-electron chi connectivity index (χ3n) is 4.75. The maximum absolute atomic E-state index is 13.0. The molecule has 6 heteroatoms. The highest BCUT2D eigenvalue weighted by atomic mass is 19.1. The Morgan fingerprint density at radius 2 is 1.52 bits per heavy atom. The molecule has 1 amide bonds. The van der Waals surface area contributed by atoms with Crippen molar-refractivity contribution < 1.29 is 13.9 Å². The van der Waals surface area contributed by atoms with Crippen LogP contribution in [0.15, 0.2) is 85.2 Å². The van der Waals surface area contributed by atoms with Crippen LogP contribution in [0.4, 0.5) is 10.1 Å². The number of ether oxygens (including phenoxy) is 1. The van der Waals surface area contributed by atoms with Gasteiger partial charge in [-0.2, -0.15) is 0 Å². The molecule has 4 rings (SSSR count). The molecule has 0 aliphatic heterocycles. The summed E-state index contributed by atoms with van der Waals surface area (Å²) >= 11 is 0. The molecule has 31 heavy (non-hydrogen) atoms. The van der Waals surface area contributed by atoms with Crippen molar-refractivity contribution in [2.45, 2.75) is 13.3 Å². The highest BCUT2D eigenvalue weighted by molar-refractivity contribution is 6.04. The van der Waals surface area contributed by atoms with Crippen LogP contribution in [-0.2, 0) is 6.42 Å². The third kappa shape index (κ3) is 5.11. The molecule has 0 saturated carbocycles. The lowest BCUT2D eigenvalue weighted by Gasteiger charge is -2.08. The molecule has 1 N–H and O–H groups in total. The van der Waals surface area contributed by atoms with Crippen molar-refractivity contribution in [3.8, 4) is 22.9 Å². The SMILES string of the molecule is CCc1ccc(NC(=O)c2ccc(-c3cnc(Oc4ccc(F)cc4)nc3)cc2)cc1. The van der Waals surface area contributed by atoms with E-state index in [2.05, 4.69) is 22.2 Å². The number of nitrogens with zero attached hydrogens (tertiary/aromatic N) is 2. The fraction of sp³-hybridized carbons (Fsp3) is 0.0800. The molecule has 5 nitrogen and oxygen atoms in total. The summed E-state index contributed by atoms with van der Waals surface area (Å²) in [6, 6.07) is 20.8. The van der Waals surface area contributed by atoms with Crippen molar-refractivity contribution >= 4 is 11.6 Å². The molecule has 0 radical (unpaired) electrons. The van der Waals surface area contributed by atoms with Gasteiger partial charge in [0.1, 0.15) is 11.6 Å². The average molecular weight is 413 g/mol. The molecule has 0 unspecified atom stereocenters. The highest BCUT2D eigenvalue weighted by Crippen LogP contribution is 2.22. The molecule has 3 aromatic carbocycles. The molecule has 1 aromatic heterocycles. The fourth-order valence-electron chi connectivity index (χ4n) is 2.97. The maximum Gasteiger partial charge on any atom is 0.321 e. The molecule has 154 valence electrons. The number of halogens is 1. The van der Waals surface area contributed by atoms with Crippen molar-refractivity contribution in [1.82, 2.24) is 9.97 Å². The Balaban J connectivity index is 1.41. The summed E-state index contributed by atoms with van der Waals surface area (Å²) in [6.45, 7) is 2.09. The average Bonchev–Trinajstić information content (AvgIpc) is 2.82. The largest absolute Gasteiger partial charge is 0.424 e. The normalized spacial score (nSPS) is 10.5. The van der Waals surface area contributed by atoms with Crippen LogP contribution in [0.2, 0.25) is 0 Å². The van der Waals surface area contributed by atoms with Crippen molar-refractivity contribution in [2.24, 2.45) is 0 Å². The van der Waals surface area contributed by atoms with Crippen molar-refractivity contribution in [3.63, 3.8) is 0 Å². The third-order valence-corrected chi connectivity index (χ3v) is 4.75. The Bertz CT molecular complexity index is 1160. The molecule has 0 saturated heterocycles. The fourth-order valence-corrected chi connectivity index (χ4v) is 2.97. The van der Waals surface area contributed by atoms with Gasteiger partial charge in [0.15, 0.2) is 0 Å². The first-order valence-corrected chi connectivity index (χ1v) is 9.87. The van der Waals surface area contributed by atoms with Crippen molar-refractivity contribution in [1.29, 1.82) is 0 Å². The lowest BCUT2D eigenvalue weighted by Crippen LogP contribution is -2.11. The second-order valence-electron chi connectivity index (χ2n) is 6.89. The standard InChI is InChI=1S/C25H20FN3O2/c1-2-17-3-11-22(12-4-17)29-24(30)19-7-5-18(6-8-19)20-15-27-25(28-16-20)31-23-13-9-21(26)10-14-23/h3-16H,2H2,1H3,(H,29,30). The number of benzene rings is 3. The van der Waals surface area contributed by atoms with E-state index in [0.29, 0.717) is 11.3 Å². The number of aryl methyl sites for hydroxylation is 1. The summed E-state index contributed by atoms with van der Waals surface area (Å²) in [5.74, 6) is -0.0564. The van der Waals surface area contributed by atoms with Crippen LogP contribution in [0.25, 0.3) is 11.1 Å². The summed E-state index contributed by atoms with van der Waals surface area (Å²) < 4.78 is 18.5. The zero-order chi connectivity index (χ0) is 21.6. The van der Waals surface area contributed by atoms with E-state index in [-0.39, 0.29) is 17.7 Å². The minimum atomic E-state index is -0.338. The van der Waals surface area contributed by atoms with E-state index in [0.717, 1.165) is 23.2 Å². The Kier molecular flexibility index (Phi) is 5.98. The Morgan fingerprint density at radius 3 is 2.13 bits per heavy atom. The Morgan fingerprint density at radius 1 is 0.871 bits per heavy atom. The van der Waals surface area contributed by atoms with Gasteiger partial charge in [0.2, 0.25) is 0 Å². The van der Waals surface area contributed by atoms with E-state index in [1.807, 2.05) is 36.4 Å². The zero-order valence-electron chi connectivity index (χ0n) is 16.9. The number of rotatable bonds is 6. The molecule has 0 atom stereocenters. The number of carbonyl (C=O) groups is 1. The van der Waals surface area contributed by atoms with Crippen LogP contribution in [0.5, 0.6) is 11.8 Å². The lowest BCUT2D eigenvalue weighted by atomic mass is 10.1. The number of hydrogen-bond acceptors (Lipinski definition) is 4. The summed E-state index contributed by atoms with van der Waals surface area (Å²) in [4.78, 5) is 20.9. The van der Waals surface area contributed by atoms with E-state index < -0.39 is 0 Å². The molecule has 0 bridgehead atoms. The van der Waals surface area contributed by atoms with Crippen LogP contribution in [0.3, 0.4) is 0 Å².